The minimum absolute atomic E-state index is 0.405. The smallest absolute Gasteiger partial charge is 0.327 e. The minimum atomic E-state index is -1.06. The lowest BCUT2D eigenvalue weighted by molar-refractivity contribution is -0.155. The predicted molar refractivity (Wildman–Crippen MR) is 102 cm³/mol. The van der Waals surface area contributed by atoms with Gasteiger partial charge in [0, 0.05) is 5.69 Å². The van der Waals surface area contributed by atoms with Crippen LogP contribution in [0.2, 0.25) is 0 Å². The molecule has 0 aromatic heterocycles. The number of ether oxygens (including phenoxy) is 1. The topological polar surface area (TPSA) is 105 Å². The maximum Gasteiger partial charge on any atom is 0.327 e. The lowest BCUT2D eigenvalue weighted by atomic mass is 9.99. The Labute approximate surface area is 163 Å². The number of esters is 1. The molecule has 1 heterocycles. The molecule has 2 aliphatic rings. The van der Waals surface area contributed by atoms with Crippen molar-refractivity contribution in [3.8, 4) is 0 Å². The lowest BCUT2D eigenvalue weighted by Gasteiger charge is -2.19. The number of hydrogen-bond acceptors (Lipinski definition) is 5. The molecule has 2 atom stereocenters. The van der Waals surface area contributed by atoms with Gasteiger partial charge in [-0.1, -0.05) is 13.0 Å². The number of benzene rings is 1. The van der Waals surface area contributed by atoms with Crippen LogP contribution in [0.4, 0.5) is 10.5 Å². The van der Waals surface area contributed by atoms with Crippen LogP contribution in [0.5, 0.6) is 0 Å². The number of hydrogen-bond donors (Lipinski definition) is 2. The van der Waals surface area contributed by atoms with Crippen molar-refractivity contribution in [1.82, 2.24) is 10.2 Å². The second kappa shape index (κ2) is 7.61. The van der Waals surface area contributed by atoms with Gasteiger partial charge >= 0.3 is 12.0 Å². The largest absolute Gasteiger partial charge is 0.451 e. The van der Waals surface area contributed by atoms with E-state index in [1.807, 2.05) is 18.2 Å². The summed E-state index contributed by atoms with van der Waals surface area (Å²) in [4.78, 5) is 49.5. The molecule has 0 bridgehead atoms. The van der Waals surface area contributed by atoms with Crippen LogP contribution >= 0.6 is 0 Å². The highest BCUT2D eigenvalue weighted by Gasteiger charge is 2.47. The highest BCUT2D eigenvalue weighted by molar-refractivity contribution is 6.08. The zero-order chi connectivity index (χ0) is 20.5. The Hall–Kier alpha value is -2.90. The molecule has 1 aromatic rings. The minimum Gasteiger partial charge on any atom is -0.451 e. The number of nitrogens with one attached hydrogen (secondary N) is 2. The molecule has 150 valence electrons. The molecule has 0 radical (unpaired) electrons. The maximum absolute atomic E-state index is 12.3. The summed E-state index contributed by atoms with van der Waals surface area (Å²) in [7, 11) is 0. The zero-order valence-corrected chi connectivity index (χ0v) is 16.3. The van der Waals surface area contributed by atoms with Crippen molar-refractivity contribution in [2.24, 2.45) is 0 Å². The highest BCUT2D eigenvalue weighted by atomic mass is 16.5. The van der Waals surface area contributed by atoms with E-state index in [0.29, 0.717) is 12.1 Å². The molecule has 0 unspecified atom stereocenters. The molecule has 0 saturated carbocycles. The first-order valence-corrected chi connectivity index (χ1v) is 9.50. The summed E-state index contributed by atoms with van der Waals surface area (Å²) in [5, 5.41) is 5.30. The van der Waals surface area contributed by atoms with Crippen LogP contribution < -0.4 is 10.6 Å². The molecule has 28 heavy (non-hydrogen) atoms. The van der Waals surface area contributed by atoms with Crippen LogP contribution in [0, 0.1) is 0 Å². The summed E-state index contributed by atoms with van der Waals surface area (Å²) in [5.41, 5.74) is 2.15. The molecule has 3 rings (SSSR count). The summed E-state index contributed by atoms with van der Waals surface area (Å²) in [6.07, 6.45) is 2.51. The first-order chi connectivity index (χ1) is 13.2. The molecule has 1 saturated heterocycles. The summed E-state index contributed by atoms with van der Waals surface area (Å²) in [5.74, 6) is -1.77. The van der Waals surface area contributed by atoms with Gasteiger partial charge < -0.3 is 15.4 Å². The van der Waals surface area contributed by atoms with E-state index in [9.17, 15) is 19.2 Å². The summed E-state index contributed by atoms with van der Waals surface area (Å²) in [6, 6.07) is 5.13. The third-order valence-corrected chi connectivity index (χ3v) is 5.38. The third-order valence-electron chi connectivity index (χ3n) is 5.38. The number of imide groups is 1. The Morgan fingerprint density at radius 3 is 2.68 bits per heavy atom. The van der Waals surface area contributed by atoms with Gasteiger partial charge in [-0.25, -0.2) is 4.79 Å². The van der Waals surface area contributed by atoms with E-state index in [1.165, 1.54) is 18.1 Å². The quantitative estimate of drug-likeness (QED) is 0.572. The number of carbonyl (C=O) groups is 4. The second-order valence-electron chi connectivity index (χ2n) is 7.47. The van der Waals surface area contributed by atoms with Crippen molar-refractivity contribution in [3.63, 3.8) is 0 Å². The van der Waals surface area contributed by atoms with Gasteiger partial charge in [0.15, 0.2) is 6.10 Å². The van der Waals surface area contributed by atoms with Gasteiger partial charge in [0.2, 0.25) is 0 Å². The van der Waals surface area contributed by atoms with Gasteiger partial charge in [0.05, 0.1) is 0 Å². The molecule has 1 fully saturated rings. The third kappa shape index (κ3) is 3.85. The van der Waals surface area contributed by atoms with Crippen LogP contribution in [0.3, 0.4) is 0 Å². The summed E-state index contributed by atoms with van der Waals surface area (Å²) in [6.45, 7) is 4.29. The Balaban J connectivity index is 1.54. The highest BCUT2D eigenvalue weighted by Crippen LogP contribution is 2.25. The van der Waals surface area contributed by atoms with E-state index < -0.39 is 42.0 Å². The molecule has 8 nitrogen and oxygen atoms in total. The molecule has 1 aliphatic carbocycles. The number of rotatable bonds is 6. The van der Waals surface area contributed by atoms with E-state index in [2.05, 4.69) is 10.6 Å². The fourth-order valence-corrected chi connectivity index (χ4v) is 3.44. The maximum atomic E-state index is 12.3. The van der Waals surface area contributed by atoms with Gasteiger partial charge in [-0.15, -0.1) is 0 Å². The van der Waals surface area contributed by atoms with Crippen molar-refractivity contribution in [3.05, 3.63) is 29.3 Å². The van der Waals surface area contributed by atoms with Crippen molar-refractivity contribution < 1.29 is 23.9 Å². The number of aryl methyl sites for hydroxylation is 2. The summed E-state index contributed by atoms with van der Waals surface area (Å²) >= 11 is 0. The van der Waals surface area contributed by atoms with E-state index in [4.69, 9.17) is 4.74 Å². The molecule has 2 N–H and O–H groups in total. The second-order valence-corrected chi connectivity index (χ2v) is 7.47. The van der Waals surface area contributed by atoms with Crippen molar-refractivity contribution in [2.75, 3.05) is 11.9 Å². The number of urea groups is 1. The summed E-state index contributed by atoms with van der Waals surface area (Å²) < 4.78 is 5.11. The fraction of sp³-hybridized carbons (Fsp3) is 0.500. The van der Waals surface area contributed by atoms with E-state index in [0.717, 1.165) is 24.2 Å². The van der Waals surface area contributed by atoms with E-state index in [-0.39, 0.29) is 0 Å². The molecular weight excluding hydrogens is 362 g/mol. The number of fused-ring (bicyclic) bond motifs is 1. The number of nitrogens with zero attached hydrogens (tertiary/aromatic N) is 1. The molecule has 4 amide bonds. The fourth-order valence-electron chi connectivity index (χ4n) is 3.44. The van der Waals surface area contributed by atoms with Crippen LogP contribution in [0.15, 0.2) is 18.2 Å². The zero-order valence-electron chi connectivity index (χ0n) is 16.3. The Morgan fingerprint density at radius 2 is 2.00 bits per heavy atom. The number of amides is 4. The van der Waals surface area contributed by atoms with Gasteiger partial charge in [-0.3, -0.25) is 19.3 Å². The predicted octanol–water partition coefficient (Wildman–Crippen LogP) is 1.77. The van der Waals surface area contributed by atoms with E-state index >= 15 is 0 Å². The first-order valence-electron chi connectivity index (χ1n) is 9.50. The van der Waals surface area contributed by atoms with Crippen molar-refractivity contribution in [1.29, 1.82) is 0 Å². The van der Waals surface area contributed by atoms with Crippen molar-refractivity contribution >= 4 is 29.5 Å². The van der Waals surface area contributed by atoms with Gasteiger partial charge in [0.25, 0.3) is 11.8 Å². The van der Waals surface area contributed by atoms with Crippen LogP contribution in [0.1, 0.15) is 44.7 Å². The van der Waals surface area contributed by atoms with Crippen molar-refractivity contribution in [2.45, 2.75) is 58.1 Å². The number of anilines is 1. The molecule has 0 spiro atoms. The lowest BCUT2D eigenvalue weighted by Crippen LogP contribution is -2.44. The average molecular weight is 387 g/mol. The van der Waals surface area contributed by atoms with Gasteiger partial charge in [0.1, 0.15) is 12.1 Å². The molecular formula is C20H25N3O5. The molecule has 1 aromatic carbocycles. The number of carbonyl (C=O) groups excluding carboxylic acids is 4. The Morgan fingerprint density at radius 1 is 1.29 bits per heavy atom. The SMILES string of the molecule is CC[C@@]1(C)NC(=O)N(CC(=O)O[C@@H](C)C(=O)Nc2ccc3c(c2)CCC3)C1=O. The monoisotopic (exact) mass is 387 g/mol. The normalized spacial score (nSPS) is 21.9. The van der Waals surface area contributed by atoms with Gasteiger partial charge in [-0.05, 0) is 62.8 Å². The molecule has 1 aliphatic heterocycles. The Kier molecular flexibility index (Phi) is 5.40. The van der Waals surface area contributed by atoms with E-state index in [1.54, 1.807) is 13.8 Å². The standard InChI is InChI=1S/C20H25N3O5/c1-4-20(3)18(26)23(19(27)22-20)11-16(24)28-12(2)17(25)21-15-9-8-13-6-5-7-14(13)10-15/h8-10,12H,4-7,11H2,1-3H3,(H,21,25)(H,22,27)/t12-,20+/m0/s1. The average Bonchev–Trinajstić information content (AvgIpc) is 3.20. The Bertz CT molecular complexity index is 837. The van der Waals surface area contributed by atoms with Crippen LogP contribution in [-0.2, 0) is 32.0 Å². The molecule has 8 heteroatoms. The van der Waals surface area contributed by atoms with Crippen LogP contribution in [0.25, 0.3) is 0 Å². The first kappa shape index (κ1) is 19.9. The van der Waals surface area contributed by atoms with Crippen LogP contribution in [-0.4, -0.2) is 46.9 Å². The van der Waals surface area contributed by atoms with Gasteiger partial charge in [-0.2, -0.15) is 0 Å².